The van der Waals surface area contributed by atoms with Crippen LogP contribution in [0.5, 0.6) is 0 Å². The Morgan fingerprint density at radius 1 is 1.45 bits per heavy atom. The van der Waals surface area contributed by atoms with Crippen LogP contribution in [0.15, 0.2) is 0 Å². The molecular weight excluding hydrogens is 158 g/mol. The molecule has 0 spiro atoms. The van der Waals surface area contributed by atoms with Crippen molar-refractivity contribution in [1.82, 2.24) is 0 Å². The lowest BCUT2D eigenvalue weighted by Crippen LogP contribution is -2.07. The zero-order chi connectivity index (χ0) is 8.53. The Labute approximate surface area is 73.6 Å². The maximum absolute atomic E-state index is 8.51. The van der Waals surface area contributed by atoms with Crippen molar-refractivity contribution in [1.29, 1.82) is 0 Å². The lowest BCUT2D eigenvalue weighted by Gasteiger charge is -2.08. The molecule has 0 heterocycles. The number of aliphatic hydroxyl groups is 1. The van der Waals surface area contributed by atoms with Gasteiger partial charge < -0.3 is 10.8 Å². The molecule has 0 aromatic rings. The minimum absolute atomic E-state index is 0.325. The van der Waals surface area contributed by atoms with Crippen LogP contribution in [0.3, 0.4) is 0 Å². The van der Waals surface area contributed by atoms with E-state index in [0.29, 0.717) is 11.9 Å². The monoisotopic (exact) mass is 177 g/mol. The molecule has 0 rings (SSSR count). The van der Waals surface area contributed by atoms with E-state index in [1.54, 1.807) is 0 Å². The summed E-state index contributed by atoms with van der Waals surface area (Å²) in [5, 5.41) is 9.18. The summed E-state index contributed by atoms with van der Waals surface area (Å²) in [7, 11) is 0. The Morgan fingerprint density at radius 3 is 2.73 bits per heavy atom. The molecule has 0 fully saturated rings. The van der Waals surface area contributed by atoms with Crippen molar-refractivity contribution in [3.05, 3.63) is 0 Å². The first-order chi connectivity index (χ1) is 5.31. The molecule has 1 unspecified atom stereocenters. The molecule has 0 aliphatic rings. The Hall–Kier alpha value is 0.270. The molecule has 0 aliphatic carbocycles. The van der Waals surface area contributed by atoms with E-state index >= 15 is 0 Å². The van der Waals surface area contributed by atoms with Crippen molar-refractivity contribution in [2.24, 2.45) is 5.73 Å². The van der Waals surface area contributed by atoms with Gasteiger partial charge in [0.25, 0.3) is 0 Å². The zero-order valence-corrected chi connectivity index (χ0v) is 8.07. The van der Waals surface area contributed by atoms with E-state index in [1.807, 2.05) is 11.8 Å². The summed E-state index contributed by atoms with van der Waals surface area (Å²) >= 11 is 1.95. The highest BCUT2D eigenvalue weighted by Crippen LogP contribution is 2.14. The third kappa shape index (κ3) is 8.17. The summed E-state index contributed by atoms with van der Waals surface area (Å²) in [6, 6.07) is 0. The minimum Gasteiger partial charge on any atom is -0.396 e. The third-order valence-electron chi connectivity index (χ3n) is 1.53. The number of unbranched alkanes of at least 4 members (excludes halogenated alkanes) is 1. The van der Waals surface area contributed by atoms with Crippen LogP contribution in [0.25, 0.3) is 0 Å². The summed E-state index contributed by atoms with van der Waals surface area (Å²) < 4.78 is 0. The predicted octanol–water partition coefficient (Wildman–Crippen LogP) is 1.23. The van der Waals surface area contributed by atoms with Crippen molar-refractivity contribution in [3.63, 3.8) is 0 Å². The largest absolute Gasteiger partial charge is 0.396 e. The first kappa shape index (κ1) is 11.3. The van der Waals surface area contributed by atoms with E-state index in [1.165, 1.54) is 0 Å². The molecule has 11 heavy (non-hydrogen) atoms. The molecule has 1 atom stereocenters. The normalized spacial score (nSPS) is 13.4. The van der Waals surface area contributed by atoms with Crippen molar-refractivity contribution in [3.8, 4) is 0 Å². The van der Waals surface area contributed by atoms with E-state index in [0.717, 1.165) is 31.6 Å². The summed E-state index contributed by atoms with van der Waals surface area (Å²) in [6.45, 7) is 3.32. The highest BCUT2D eigenvalue weighted by molar-refractivity contribution is 7.99. The fourth-order valence-electron chi connectivity index (χ4n) is 0.816. The average Bonchev–Trinajstić information content (AvgIpc) is 1.99. The van der Waals surface area contributed by atoms with Crippen molar-refractivity contribution >= 4 is 11.8 Å². The summed E-state index contributed by atoms with van der Waals surface area (Å²) in [5.41, 5.74) is 5.41. The first-order valence-corrected chi connectivity index (χ1v) is 5.28. The second kappa shape index (κ2) is 8.37. The van der Waals surface area contributed by atoms with E-state index < -0.39 is 0 Å². The molecule has 0 bridgehead atoms. The van der Waals surface area contributed by atoms with Crippen LogP contribution in [0, 0.1) is 0 Å². The molecule has 3 heteroatoms. The number of hydrogen-bond donors (Lipinski definition) is 2. The van der Waals surface area contributed by atoms with Gasteiger partial charge in [-0.3, -0.25) is 0 Å². The molecular formula is C8H19NOS. The van der Waals surface area contributed by atoms with Gasteiger partial charge in [0, 0.05) is 11.9 Å². The number of nitrogens with two attached hydrogens (primary N) is 1. The second-order valence-electron chi connectivity index (χ2n) is 2.69. The van der Waals surface area contributed by atoms with Crippen LogP contribution >= 0.6 is 11.8 Å². The number of thioether (sulfide) groups is 1. The van der Waals surface area contributed by atoms with Crippen LogP contribution in [0.2, 0.25) is 0 Å². The summed E-state index contributed by atoms with van der Waals surface area (Å²) in [4.78, 5) is 0. The van der Waals surface area contributed by atoms with Gasteiger partial charge in [-0.25, -0.2) is 0 Å². The minimum atomic E-state index is 0.325. The van der Waals surface area contributed by atoms with Gasteiger partial charge >= 0.3 is 0 Å². The summed E-state index contributed by atoms with van der Waals surface area (Å²) in [5.74, 6) is 1.15. The topological polar surface area (TPSA) is 46.2 Å². The van der Waals surface area contributed by atoms with Gasteiger partial charge in [0.05, 0.1) is 0 Å². The SMILES string of the molecule is CC(CCN)SCCCCO. The highest BCUT2D eigenvalue weighted by atomic mass is 32.2. The molecule has 0 saturated heterocycles. The van der Waals surface area contributed by atoms with Gasteiger partial charge in [-0.05, 0) is 31.6 Å². The van der Waals surface area contributed by atoms with Crippen molar-refractivity contribution < 1.29 is 5.11 Å². The Bertz CT molecular complexity index is 80.5. The van der Waals surface area contributed by atoms with Crippen LogP contribution in [0.4, 0.5) is 0 Å². The molecule has 0 radical (unpaired) electrons. The standard InChI is InChI=1S/C8H19NOS/c1-8(4-5-9)11-7-3-2-6-10/h8,10H,2-7,9H2,1H3. The maximum atomic E-state index is 8.51. The molecule has 0 aliphatic heterocycles. The molecule has 0 aromatic heterocycles. The van der Waals surface area contributed by atoms with Crippen LogP contribution < -0.4 is 5.73 Å². The third-order valence-corrected chi connectivity index (χ3v) is 2.86. The van der Waals surface area contributed by atoms with Gasteiger partial charge in [-0.2, -0.15) is 11.8 Å². The Kier molecular flexibility index (Phi) is 8.57. The fraction of sp³-hybridized carbons (Fsp3) is 1.00. The highest BCUT2D eigenvalue weighted by Gasteiger charge is 1.99. The lowest BCUT2D eigenvalue weighted by atomic mass is 10.3. The van der Waals surface area contributed by atoms with E-state index in [9.17, 15) is 0 Å². The van der Waals surface area contributed by atoms with Crippen molar-refractivity contribution in [2.75, 3.05) is 18.9 Å². The molecule has 2 nitrogen and oxygen atoms in total. The summed E-state index contributed by atoms with van der Waals surface area (Å²) in [6.07, 6.45) is 3.15. The first-order valence-electron chi connectivity index (χ1n) is 4.23. The van der Waals surface area contributed by atoms with E-state index in [2.05, 4.69) is 6.92 Å². The molecule has 68 valence electrons. The van der Waals surface area contributed by atoms with Crippen LogP contribution in [-0.4, -0.2) is 29.3 Å². The second-order valence-corrected chi connectivity index (χ2v) is 4.24. The number of aliphatic hydroxyl groups excluding tert-OH is 1. The van der Waals surface area contributed by atoms with Crippen LogP contribution in [0.1, 0.15) is 26.2 Å². The van der Waals surface area contributed by atoms with Gasteiger partial charge in [-0.15, -0.1) is 0 Å². The maximum Gasteiger partial charge on any atom is 0.0431 e. The number of rotatable bonds is 7. The van der Waals surface area contributed by atoms with Gasteiger partial charge in [0.1, 0.15) is 0 Å². The molecule has 0 amide bonds. The number of hydrogen-bond acceptors (Lipinski definition) is 3. The Balaban J connectivity index is 2.97. The average molecular weight is 177 g/mol. The fourth-order valence-corrected chi connectivity index (χ4v) is 1.89. The molecule has 0 aromatic carbocycles. The predicted molar refractivity (Wildman–Crippen MR) is 51.9 cm³/mol. The molecule has 3 N–H and O–H groups in total. The van der Waals surface area contributed by atoms with Gasteiger partial charge in [0.15, 0.2) is 0 Å². The van der Waals surface area contributed by atoms with E-state index in [4.69, 9.17) is 10.8 Å². The van der Waals surface area contributed by atoms with Gasteiger partial charge in [-0.1, -0.05) is 6.92 Å². The van der Waals surface area contributed by atoms with E-state index in [-0.39, 0.29) is 0 Å². The quantitative estimate of drug-likeness (QED) is 0.575. The van der Waals surface area contributed by atoms with Gasteiger partial charge in [0.2, 0.25) is 0 Å². The molecule has 0 saturated carbocycles. The van der Waals surface area contributed by atoms with Crippen molar-refractivity contribution in [2.45, 2.75) is 31.4 Å². The van der Waals surface area contributed by atoms with Crippen LogP contribution in [-0.2, 0) is 0 Å². The zero-order valence-electron chi connectivity index (χ0n) is 7.25. The Morgan fingerprint density at radius 2 is 2.18 bits per heavy atom. The lowest BCUT2D eigenvalue weighted by molar-refractivity contribution is 0.287. The smallest absolute Gasteiger partial charge is 0.0431 e.